The summed E-state index contributed by atoms with van der Waals surface area (Å²) in [7, 11) is 0. The van der Waals surface area contributed by atoms with E-state index in [0.717, 1.165) is 6.07 Å². The van der Waals surface area contributed by atoms with Crippen LogP contribution in [0, 0.1) is 11.6 Å². The highest BCUT2D eigenvalue weighted by atomic mass is 79.9. The van der Waals surface area contributed by atoms with Gasteiger partial charge in [-0.1, -0.05) is 17.7 Å². The van der Waals surface area contributed by atoms with E-state index < -0.39 is 17.7 Å². The molecular weight excluding hydrogens is 327 g/mol. The molecule has 0 fully saturated rings. The van der Waals surface area contributed by atoms with Gasteiger partial charge >= 0.3 is 0 Å². The number of hydrogen-bond acceptors (Lipinski definition) is 2. The van der Waals surface area contributed by atoms with E-state index >= 15 is 0 Å². The van der Waals surface area contributed by atoms with E-state index in [0.29, 0.717) is 4.47 Å². The maximum atomic E-state index is 13.9. The lowest BCUT2D eigenvalue weighted by Crippen LogP contribution is -2.07. The maximum absolute atomic E-state index is 13.9. The Morgan fingerprint density at radius 3 is 2.67 bits per heavy atom. The average molecular weight is 335 g/mol. The van der Waals surface area contributed by atoms with Crippen molar-refractivity contribution < 1.29 is 13.9 Å². The summed E-state index contributed by atoms with van der Waals surface area (Å²) in [6, 6.07) is 5.33. The largest absolute Gasteiger partial charge is 0.382 e. The van der Waals surface area contributed by atoms with Gasteiger partial charge in [0.05, 0.1) is 5.02 Å². The van der Waals surface area contributed by atoms with Crippen molar-refractivity contribution in [2.75, 3.05) is 0 Å². The normalized spacial score (nSPS) is 12.5. The first-order chi connectivity index (χ1) is 8.52. The number of aliphatic hydroxyl groups is 1. The summed E-state index contributed by atoms with van der Waals surface area (Å²) in [5, 5.41) is 9.79. The maximum Gasteiger partial charge on any atom is 0.149 e. The lowest BCUT2D eigenvalue weighted by atomic mass is 10.1. The first kappa shape index (κ1) is 13.4. The summed E-state index contributed by atoms with van der Waals surface area (Å²) < 4.78 is 27.7. The third-order valence-corrected chi connectivity index (χ3v) is 3.66. The quantitative estimate of drug-likeness (QED) is 0.846. The van der Waals surface area contributed by atoms with Crippen LogP contribution in [0.25, 0.3) is 0 Å². The van der Waals surface area contributed by atoms with Gasteiger partial charge in [0.25, 0.3) is 0 Å². The van der Waals surface area contributed by atoms with Crippen molar-refractivity contribution in [2.24, 2.45) is 0 Å². The van der Waals surface area contributed by atoms with Gasteiger partial charge in [0.15, 0.2) is 0 Å². The Morgan fingerprint density at radius 1 is 1.28 bits per heavy atom. The van der Waals surface area contributed by atoms with Crippen LogP contribution in [0.4, 0.5) is 8.78 Å². The third kappa shape index (κ3) is 2.39. The van der Waals surface area contributed by atoms with Crippen molar-refractivity contribution in [3.8, 4) is 0 Å². The molecule has 2 rings (SSSR count). The highest BCUT2D eigenvalue weighted by Crippen LogP contribution is 2.32. The Kier molecular flexibility index (Phi) is 3.94. The van der Waals surface area contributed by atoms with E-state index in [9.17, 15) is 13.9 Å². The summed E-state index contributed by atoms with van der Waals surface area (Å²) in [4.78, 5) is 3.70. The molecule has 2 nitrogen and oxygen atoms in total. The van der Waals surface area contributed by atoms with Crippen molar-refractivity contribution in [1.82, 2.24) is 4.98 Å². The lowest BCUT2D eigenvalue weighted by Gasteiger charge is -2.13. The molecule has 1 aromatic heterocycles. The van der Waals surface area contributed by atoms with Gasteiger partial charge in [0, 0.05) is 16.2 Å². The molecule has 0 aliphatic carbocycles. The molecular formula is C12H7BrClF2NO. The molecule has 0 spiro atoms. The van der Waals surface area contributed by atoms with Crippen molar-refractivity contribution in [3.63, 3.8) is 0 Å². The number of benzene rings is 1. The molecule has 1 heterocycles. The van der Waals surface area contributed by atoms with E-state index in [-0.39, 0.29) is 16.3 Å². The molecule has 1 atom stereocenters. The standard InChI is InChI=1S/C12H7BrClF2NO/c13-7-4-3-6(10(16)9(7)14)12(18)11-8(15)2-1-5-17-11/h1-5,12,18H. The number of aliphatic hydroxyl groups excluding tert-OH is 1. The Morgan fingerprint density at radius 2 is 2.00 bits per heavy atom. The first-order valence-corrected chi connectivity index (χ1v) is 6.11. The fraction of sp³-hybridized carbons (Fsp3) is 0.0833. The molecule has 0 aliphatic heterocycles. The third-order valence-electron chi connectivity index (χ3n) is 2.41. The van der Waals surface area contributed by atoms with Crippen molar-refractivity contribution >= 4 is 27.5 Å². The van der Waals surface area contributed by atoms with Gasteiger partial charge in [-0.3, -0.25) is 4.98 Å². The Bertz CT molecular complexity index is 594. The molecule has 1 aromatic carbocycles. The number of halogens is 4. The van der Waals surface area contributed by atoms with Gasteiger partial charge in [-0.15, -0.1) is 0 Å². The van der Waals surface area contributed by atoms with Crippen LogP contribution >= 0.6 is 27.5 Å². The minimum absolute atomic E-state index is 0.124. The van der Waals surface area contributed by atoms with Gasteiger partial charge in [0.2, 0.25) is 0 Å². The van der Waals surface area contributed by atoms with Crippen LogP contribution < -0.4 is 0 Å². The van der Waals surface area contributed by atoms with E-state index in [4.69, 9.17) is 11.6 Å². The summed E-state index contributed by atoms with van der Waals surface area (Å²) >= 11 is 8.76. The molecule has 2 aromatic rings. The van der Waals surface area contributed by atoms with E-state index in [1.165, 1.54) is 24.4 Å². The molecule has 0 amide bonds. The molecule has 0 saturated carbocycles. The van der Waals surface area contributed by atoms with E-state index in [2.05, 4.69) is 20.9 Å². The summed E-state index contributed by atoms with van der Waals surface area (Å²) in [6.07, 6.45) is -0.184. The predicted octanol–water partition coefficient (Wildman–Crippen LogP) is 3.86. The minimum atomic E-state index is -1.50. The second-order valence-corrected chi connectivity index (χ2v) is 4.77. The van der Waals surface area contributed by atoms with Crippen LogP contribution in [0.1, 0.15) is 17.4 Å². The zero-order chi connectivity index (χ0) is 13.3. The number of rotatable bonds is 2. The molecule has 94 valence electrons. The fourth-order valence-electron chi connectivity index (χ4n) is 1.50. The van der Waals surface area contributed by atoms with Crippen molar-refractivity contribution in [3.05, 3.63) is 62.8 Å². The molecule has 0 bridgehead atoms. The van der Waals surface area contributed by atoms with E-state index in [1.54, 1.807) is 0 Å². The zero-order valence-electron chi connectivity index (χ0n) is 8.87. The number of aromatic nitrogens is 1. The molecule has 0 aliphatic rings. The monoisotopic (exact) mass is 333 g/mol. The molecule has 6 heteroatoms. The first-order valence-electron chi connectivity index (χ1n) is 4.94. The molecule has 0 radical (unpaired) electrons. The predicted molar refractivity (Wildman–Crippen MR) is 67.4 cm³/mol. The second-order valence-electron chi connectivity index (χ2n) is 3.54. The van der Waals surface area contributed by atoms with Crippen LogP contribution in [-0.2, 0) is 0 Å². The van der Waals surface area contributed by atoms with Crippen LogP contribution in [-0.4, -0.2) is 10.1 Å². The fourth-order valence-corrected chi connectivity index (χ4v) is 1.98. The number of pyridine rings is 1. The summed E-state index contributed by atoms with van der Waals surface area (Å²) in [5.74, 6) is -1.51. The minimum Gasteiger partial charge on any atom is -0.382 e. The van der Waals surface area contributed by atoms with Gasteiger partial charge < -0.3 is 5.11 Å². The lowest BCUT2D eigenvalue weighted by molar-refractivity contribution is 0.204. The number of hydrogen-bond donors (Lipinski definition) is 1. The smallest absolute Gasteiger partial charge is 0.149 e. The van der Waals surface area contributed by atoms with Crippen LogP contribution in [0.15, 0.2) is 34.9 Å². The summed E-state index contributed by atoms with van der Waals surface area (Å²) in [6.45, 7) is 0. The molecule has 18 heavy (non-hydrogen) atoms. The van der Waals surface area contributed by atoms with Gasteiger partial charge in [-0.05, 0) is 34.1 Å². The van der Waals surface area contributed by atoms with Crippen molar-refractivity contribution in [1.29, 1.82) is 0 Å². The van der Waals surface area contributed by atoms with Gasteiger partial charge in [-0.25, -0.2) is 8.78 Å². The highest BCUT2D eigenvalue weighted by molar-refractivity contribution is 9.10. The highest BCUT2D eigenvalue weighted by Gasteiger charge is 2.22. The molecule has 1 unspecified atom stereocenters. The SMILES string of the molecule is OC(c1ccc(Br)c(Cl)c1F)c1ncccc1F. The number of nitrogens with zero attached hydrogens (tertiary/aromatic N) is 1. The van der Waals surface area contributed by atoms with Crippen molar-refractivity contribution in [2.45, 2.75) is 6.10 Å². The van der Waals surface area contributed by atoms with Crippen LogP contribution in [0.3, 0.4) is 0 Å². The molecule has 0 saturated heterocycles. The van der Waals surface area contributed by atoms with Gasteiger partial charge in [-0.2, -0.15) is 0 Å². The molecule has 1 N–H and O–H groups in total. The Balaban J connectivity index is 2.50. The summed E-state index contributed by atoms with van der Waals surface area (Å²) in [5.41, 5.74) is -0.365. The van der Waals surface area contributed by atoms with E-state index in [1.807, 2.05) is 0 Å². The van der Waals surface area contributed by atoms with Gasteiger partial charge in [0.1, 0.15) is 23.4 Å². The van der Waals surface area contributed by atoms with Crippen LogP contribution in [0.2, 0.25) is 5.02 Å². The average Bonchev–Trinajstić information content (AvgIpc) is 2.36. The Hall–Kier alpha value is -1.04. The zero-order valence-corrected chi connectivity index (χ0v) is 11.2. The second kappa shape index (κ2) is 5.30. The topological polar surface area (TPSA) is 33.1 Å². The van der Waals surface area contributed by atoms with Crippen LogP contribution in [0.5, 0.6) is 0 Å². The Labute approximate surface area is 115 Å².